The van der Waals surface area contributed by atoms with Crippen molar-refractivity contribution < 1.29 is 0 Å². The van der Waals surface area contributed by atoms with E-state index >= 15 is 0 Å². The Labute approximate surface area is 107 Å². The van der Waals surface area contributed by atoms with Gasteiger partial charge < -0.3 is 5.73 Å². The van der Waals surface area contributed by atoms with E-state index < -0.39 is 0 Å². The molecule has 2 rings (SSSR count). The molecule has 0 aliphatic carbocycles. The van der Waals surface area contributed by atoms with E-state index in [1.165, 1.54) is 11.8 Å². The second-order valence-electron chi connectivity index (χ2n) is 2.92. The van der Waals surface area contributed by atoms with Crippen LogP contribution in [0.1, 0.15) is 0 Å². The second kappa shape index (κ2) is 4.91. The third kappa shape index (κ3) is 2.58. The van der Waals surface area contributed by atoms with Crippen molar-refractivity contribution in [2.24, 2.45) is 0 Å². The van der Waals surface area contributed by atoms with Crippen molar-refractivity contribution in [3.63, 3.8) is 0 Å². The van der Waals surface area contributed by atoms with Crippen LogP contribution in [0.4, 0.5) is 5.82 Å². The lowest BCUT2D eigenvalue weighted by Crippen LogP contribution is -1.94. The minimum absolute atomic E-state index is 0.401. The maximum absolute atomic E-state index is 5.91. The number of hydrogen-bond donors (Lipinski definition) is 1. The molecule has 1 aromatic carbocycles. The van der Waals surface area contributed by atoms with Crippen molar-refractivity contribution in [2.75, 3.05) is 5.73 Å². The molecule has 0 amide bonds. The minimum Gasteiger partial charge on any atom is -0.381 e. The van der Waals surface area contributed by atoms with Crippen LogP contribution in [0.3, 0.4) is 0 Å². The van der Waals surface area contributed by atoms with Gasteiger partial charge in [-0.2, -0.15) is 0 Å². The number of rotatable bonds is 2. The fourth-order valence-electron chi connectivity index (χ4n) is 1.07. The molecule has 0 fully saturated rings. The number of hydrogen-bond acceptors (Lipinski definition) is 4. The average Bonchev–Trinajstić information content (AvgIpc) is 2.27. The van der Waals surface area contributed by atoms with Crippen LogP contribution in [0, 0.1) is 0 Å². The molecule has 0 radical (unpaired) electrons. The van der Waals surface area contributed by atoms with Gasteiger partial charge in [-0.05, 0) is 18.2 Å². The van der Waals surface area contributed by atoms with Crippen LogP contribution >= 0.6 is 35.0 Å². The predicted molar refractivity (Wildman–Crippen MR) is 67.0 cm³/mol. The van der Waals surface area contributed by atoms with Crippen LogP contribution in [-0.4, -0.2) is 9.97 Å². The monoisotopic (exact) mass is 271 g/mol. The highest BCUT2D eigenvalue weighted by Gasteiger charge is 2.05. The number of benzene rings is 1. The molecule has 0 unspecified atom stereocenters. The Balaban J connectivity index is 2.28. The fourth-order valence-corrected chi connectivity index (χ4v) is 2.24. The largest absolute Gasteiger partial charge is 0.381 e. The van der Waals surface area contributed by atoms with Gasteiger partial charge in [0, 0.05) is 17.3 Å². The van der Waals surface area contributed by atoms with Crippen LogP contribution in [0.15, 0.2) is 40.5 Å². The first-order valence-electron chi connectivity index (χ1n) is 4.36. The summed E-state index contributed by atoms with van der Waals surface area (Å²) in [5.74, 6) is 0.401. The third-order valence-corrected chi connectivity index (χ3v) is 3.53. The topological polar surface area (TPSA) is 51.8 Å². The van der Waals surface area contributed by atoms with E-state index in [-0.39, 0.29) is 0 Å². The first-order valence-corrected chi connectivity index (χ1v) is 5.93. The summed E-state index contributed by atoms with van der Waals surface area (Å²) in [5, 5.41) is 1.69. The molecule has 0 bridgehead atoms. The van der Waals surface area contributed by atoms with Crippen molar-refractivity contribution in [3.05, 3.63) is 40.6 Å². The zero-order chi connectivity index (χ0) is 11.5. The first kappa shape index (κ1) is 11.5. The summed E-state index contributed by atoms with van der Waals surface area (Å²) in [6, 6.07) is 5.36. The van der Waals surface area contributed by atoms with Crippen molar-refractivity contribution in [3.8, 4) is 0 Å². The second-order valence-corrected chi connectivity index (χ2v) is 4.80. The molecule has 6 heteroatoms. The van der Waals surface area contributed by atoms with Crippen LogP contribution < -0.4 is 5.73 Å². The fraction of sp³-hybridized carbons (Fsp3) is 0. The van der Waals surface area contributed by atoms with Crippen molar-refractivity contribution in [1.29, 1.82) is 0 Å². The smallest absolute Gasteiger partial charge is 0.156 e. The van der Waals surface area contributed by atoms with Crippen LogP contribution in [-0.2, 0) is 0 Å². The SMILES string of the molecule is Nc1nccnc1Sc1ccc(Cl)c(Cl)c1. The Hall–Kier alpha value is -0.970. The number of aromatic nitrogens is 2. The Kier molecular flexibility index (Phi) is 3.53. The highest BCUT2D eigenvalue weighted by atomic mass is 35.5. The van der Waals surface area contributed by atoms with Gasteiger partial charge in [0.25, 0.3) is 0 Å². The molecule has 0 saturated carbocycles. The zero-order valence-corrected chi connectivity index (χ0v) is 10.4. The van der Waals surface area contributed by atoms with Gasteiger partial charge in [0.1, 0.15) is 5.03 Å². The molecule has 2 N–H and O–H groups in total. The normalized spacial score (nSPS) is 10.4. The van der Waals surface area contributed by atoms with Crippen molar-refractivity contribution in [2.45, 2.75) is 9.92 Å². The minimum atomic E-state index is 0.401. The van der Waals surface area contributed by atoms with E-state index in [4.69, 9.17) is 28.9 Å². The molecular formula is C10H7Cl2N3S. The average molecular weight is 272 g/mol. The van der Waals surface area contributed by atoms with Gasteiger partial charge in [0.15, 0.2) is 5.82 Å². The molecule has 0 aliphatic heterocycles. The summed E-state index contributed by atoms with van der Waals surface area (Å²) >= 11 is 13.1. The van der Waals surface area contributed by atoms with E-state index in [1.807, 2.05) is 6.07 Å². The summed E-state index contributed by atoms with van der Waals surface area (Å²) in [6.07, 6.45) is 3.14. The van der Waals surface area contributed by atoms with Gasteiger partial charge in [0.2, 0.25) is 0 Å². The highest BCUT2D eigenvalue weighted by molar-refractivity contribution is 7.99. The number of nitrogens with zero attached hydrogens (tertiary/aromatic N) is 2. The predicted octanol–water partition coefficient (Wildman–Crippen LogP) is 3.52. The van der Waals surface area contributed by atoms with Gasteiger partial charge in [-0.1, -0.05) is 35.0 Å². The molecule has 0 spiro atoms. The Bertz CT molecular complexity index is 519. The Morgan fingerprint density at radius 3 is 2.50 bits per heavy atom. The third-order valence-electron chi connectivity index (χ3n) is 1.80. The molecule has 16 heavy (non-hydrogen) atoms. The van der Waals surface area contributed by atoms with Crippen LogP contribution in [0.5, 0.6) is 0 Å². The lowest BCUT2D eigenvalue weighted by atomic mass is 10.4. The Morgan fingerprint density at radius 2 is 1.81 bits per heavy atom. The number of anilines is 1. The maximum Gasteiger partial charge on any atom is 0.156 e. The van der Waals surface area contributed by atoms with E-state index in [9.17, 15) is 0 Å². The lowest BCUT2D eigenvalue weighted by Gasteiger charge is -2.03. The number of nitrogens with two attached hydrogens (primary N) is 1. The van der Waals surface area contributed by atoms with E-state index in [0.29, 0.717) is 20.9 Å². The quantitative estimate of drug-likeness (QED) is 0.908. The summed E-state index contributed by atoms with van der Waals surface area (Å²) in [7, 11) is 0. The summed E-state index contributed by atoms with van der Waals surface area (Å²) < 4.78 is 0. The molecule has 2 aromatic rings. The summed E-state index contributed by atoms with van der Waals surface area (Å²) in [5.41, 5.74) is 5.68. The van der Waals surface area contributed by atoms with E-state index in [0.717, 1.165) is 4.90 Å². The van der Waals surface area contributed by atoms with Gasteiger partial charge in [-0.25, -0.2) is 9.97 Å². The molecule has 0 saturated heterocycles. The van der Waals surface area contributed by atoms with Gasteiger partial charge in [-0.3, -0.25) is 0 Å². The van der Waals surface area contributed by atoms with Gasteiger partial charge in [0.05, 0.1) is 10.0 Å². The first-order chi connectivity index (χ1) is 7.66. The van der Waals surface area contributed by atoms with E-state index in [2.05, 4.69) is 9.97 Å². The number of halogens is 2. The summed E-state index contributed by atoms with van der Waals surface area (Å²) in [6.45, 7) is 0. The van der Waals surface area contributed by atoms with Gasteiger partial charge >= 0.3 is 0 Å². The molecule has 0 aliphatic rings. The van der Waals surface area contributed by atoms with Crippen LogP contribution in [0.2, 0.25) is 10.0 Å². The molecule has 1 heterocycles. The van der Waals surface area contributed by atoms with E-state index in [1.54, 1.807) is 24.5 Å². The zero-order valence-electron chi connectivity index (χ0n) is 8.02. The summed E-state index contributed by atoms with van der Waals surface area (Å²) in [4.78, 5) is 8.99. The number of nitrogen functional groups attached to an aromatic ring is 1. The molecule has 1 aromatic heterocycles. The molecular weight excluding hydrogens is 265 g/mol. The van der Waals surface area contributed by atoms with Crippen LogP contribution in [0.25, 0.3) is 0 Å². The maximum atomic E-state index is 5.91. The van der Waals surface area contributed by atoms with Crippen molar-refractivity contribution >= 4 is 40.8 Å². The molecule has 3 nitrogen and oxygen atoms in total. The highest BCUT2D eigenvalue weighted by Crippen LogP contribution is 2.33. The van der Waals surface area contributed by atoms with Gasteiger partial charge in [-0.15, -0.1) is 0 Å². The van der Waals surface area contributed by atoms with Crippen molar-refractivity contribution in [1.82, 2.24) is 9.97 Å². The molecule has 0 atom stereocenters. The Morgan fingerprint density at radius 1 is 1.06 bits per heavy atom. The standard InChI is InChI=1S/C10H7Cl2N3S/c11-7-2-1-6(5-8(7)12)16-10-9(13)14-3-4-15-10/h1-5H,(H2,13,14). The lowest BCUT2D eigenvalue weighted by molar-refractivity contribution is 1.07. The molecule has 82 valence electrons.